The molecule has 1 aliphatic heterocycles. The Balaban J connectivity index is 2.08. The van der Waals surface area contributed by atoms with Crippen molar-refractivity contribution in [1.29, 1.82) is 0 Å². The van der Waals surface area contributed by atoms with Crippen LogP contribution in [0, 0.1) is 16.0 Å². The third-order valence-corrected chi connectivity index (χ3v) is 4.02. The number of nitrogens with one attached hydrogen (secondary N) is 1. The summed E-state index contributed by atoms with van der Waals surface area (Å²) in [5.41, 5.74) is 0.0920. The predicted molar refractivity (Wildman–Crippen MR) is 87.9 cm³/mol. The van der Waals surface area contributed by atoms with Crippen LogP contribution in [0.25, 0.3) is 0 Å². The third kappa shape index (κ3) is 4.01. The number of hydrogen-bond acceptors (Lipinski definition) is 5. The number of carbonyl (C=O) groups excluding carboxylic acids is 2. The molecule has 0 radical (unpaired) electrons. The van der Waals surface area contributed by atoms with Crippen LogP contribution < -0.4 is 10.1 Å². The molecule has 0 spiro atoms. The number of methoxy groups -OCH3 is 1. The quantitative estimate of drug-likeness (QED) is 0.608. The topological polar surface area (TPSA) is 102 Å². The van der Waals surface area contributed by atoms with E-state index in [9.17, 15) is 19.7 Å². The van der Waals surface area contributed by atoms with Crippen molar-refractivity contribution >= 4 is 23.2 Å². The fourth-order valence-corrected chi connectivity index (χ4v) is 2.65. The van der Waals surface area contributed by atoms with Crippen molar-refractivity contribution in [3.63, 3.8) is 0 Å². The molecular weight excluding hydrogens is 314 g/mol. The number of nitrogens with zero attached hydrogens (tertiary/aromatic N) is 2. The molecule has 24 heavy (non-hydrogen) atoms. The standard InChI is InChI=1S/C16H21N3O5/c1-3-4-7-18-10-11(8-15(18)20)16(21)17-13-9-12(19(22)23)5-6-14(13)24-2/h5-6,9,11H,3-4,7-8,10H2,1-2H3,(H,17,21). The van der Waals surface area contributed by atoms with Gasteiger partial charge in [-0.1, -0.05) is 13.3 Å². The summed E-state index contributed by atoms with van der Waals surface area (Å²) in [6, 6.07) is 3.99. The van der Waals surface area contributed by atoms with Crippen molar-refractivity contribution in [3.8, 4) is 5.75 Å². The maximum absolute atomic E-state index is 12.4. The van der Waals surface area contributed by atoms with Gasteiger partial charge in [-0.2, -0.15) is 0 Å². The van der Waals surface area contributed by atoms with Gasteiger partial charge in [0, 0.05) is 31.6 Å². The predicted octanol–water partition coefficient (Wildman–Crippen LogP) is 2.19. The van der Waals surface area contributed by atoms with E-state index in [2.05, 4.69) is 5.32 Å². The van der Waals surface area contributed by atoms with E-state index in [0.717, 1.165) is 12.8 Å². The lowest BCUT2D eigenvalue weighted by Gasteiger charge is -2.16. The summed E-state index contributed by atoms with van der Waals surface area (Å²) in [6.45, 7) is 3.07. The summed E-state index contributed by atoms with van der Waals surface area (Å²) >= 11 is 0. The average Bonchev–Trinajstić information content (AvgIpc) is 2.93. The summed E-state index contributed by atoms with van der Waals surface area (Å²) in [4.78, 5) is 36.4. The van der Waals surface area contributed by atoms with E-state index in [-0.39, 0.29) is 29.6 Å². The average molecular weight is 335 g/mol. The Morgan fingerprint density at radius 1 is 1.50 bits per heavy atom. The molecule has 1 atom stereocenters. The van der Waals surface area contributed by atoms with Gasteiger partial charge in [0.05, 0.1) is 23.6 Å². The molecule has 130 valence electrons. The van der Waals surface area contributed by atoms with E-state index in [1.54, 1.807) is 4.90 Å². The number of non-ortho nitro benzene ring substituents is 1. The lowest BCUT2D eigenvalue weighted by Crippen LogP contribution is -2.29. The molecule has 0 aliphatic carbocycles. The van der Waals surface area contributed by atoms with Crippen LogP contribution in [-0.4, -0.2) is 41.8 Å². The number of nitro benzene ring substituents is 1. The minimum atomic E-state index is -0.541. The number of unbranched alkanes of at least 4 members (excludes halogenated alkanes) is 1. The summed E-state index contributed by atoms with van der Waals surface area (Å²) in [5.74, 6) is -0.491. The fraction of sp³-hybridized carbons (Fsp3) is 0.500. The number of anilines is 1. The van der Waals surface area contributed by atoms with E-state index in [4.69, 9.17) is 4.74 Å². The summed E-state index contributed by atoms with van der Waals surface area (Å²) in [7, 11) is 1.42. The van der Waals surface area contributed by atoms with Crippen molar-refractivity contribution in [1.82, 2.24) is 4.90 Å². The minimum Gasteiger partial charge on any atom is -0.495 e. The first-order valence-electron chi connectivity index (χ1n) is 7.87. The van der Waals surface area contributed by atoms with Crippen LogP contribution in [0.5, 0.6) is 5.75 Å². The number of hydrogen-bond donors (Lipinski definition) is 1. The molecule has 1 saturated heterocycles. The van der Waals surface area contributed by atoms with Gasteiger partial charge in [-0.15, -0.1) is 0 Å². The van der Waals surface area contributed by atoms with Gasteiger partial charge in [0.25, 0.3) is 5.69 Å². The molecule has 1 unspecified atom stereocenters. The second-order valence-corrected chi connectivity index (χ2v) is 5.73. The summed E-state index contributed by atoms with van der Waals surface area (Å²) < 4.78 is 5.12. The zero-order chi connectivity index (χ0) is 17.7. The van der Waals surface area contributed by atoms with Gasteiger partial charge in [-0.25, -0.2) is 0 Å². The number of rotatable bonds is 7. The van der Waals surface area contributed by atoms with Crippen molar-refractivity contribution in [2.45, 2.75) is 26.2 Å². The second kappa shape index (κ2) is 7.76. The normalized spacial score (nSPS) is 17.0. The van der Waals surface area contributed by atoms with Crippen LogP contribution >= 0.6 is 0 Å². The Hall–Kier alpha value is -2.64. The largest absolute Gasteiger partial charge is 0.495 e. The monoisotopic (exact) mass is 335 g/mol. The Morgan fingerprint density at radius 2 is 2.25 bits per heavy atom. The third-order valence-electron chi connectivity index (χ3n) is 4.02. The first-order chi connectivity index (χ1) is 11.5. The smallest absolute Gasteiger partial charge is 0.271 e. The molecule has 0 aromatic heterocycles. The van der Waals surface area contributed by atoms with Crippen LogP contribution in [-0.2, 0) is 9.59 Å². The minimum absolute atomic E-state index is 0.0328. The zero-order valence-corrected chi connectivity index (χ0v) is 13.8. The Labute approximate surface area is 139 Å². The van der Waals surface area contributed by atoms with Gasteiger partial charge in [0.2, 0.25) is 11.8 Å². The number of ether oxygens (including phenoxy) is 1. The molecule has 1 heterocycles. The van der Waals surface area contributed by atoms with E-state index in [0.29, 0.717) is 18.8 Å². The lowest BCUT2D eigenvalue weighted by atomic mass is 10.1. The fourth-order valence-electron chi connectivity index (χ4n) is 2.65. The first-order valence-corrected chi connectivity index (χ1v) is 7.87. The first kappa shape index (κ1) is 17.7. The van der Waals surface area contributed by atoms with Gasteiger partial charge in [-0.05, 0) is 12.5 Å². The van der Waals surface area contributed by atoms with Gasteiger partial charge in [0.1, 0.15) is 5.75 Å². The molecule has 1 aromatic carbocycles. The number of likely N-dealkylation sites (tertiary alicyclic amines) is 1. The summed E-state index contributed by atoms with van der Waals surface area (Å²) in [5, 5.41) is 13.5. The van der Waals surface area contributed by atoms with Gasteiger partial charge in [0.15, 0.2) is 0 Å². The van der Waals surface area contributed by atoms with Crippen LogP contribution in [0.3, 0.4) is 0 Å². The Morgan fingerprint density at radius 3 is 2.88 bits per heavy atom. The maximum atomic E-state index is 12.4. The highest BCUT2D eigenvalue weighted by atomic mass is 16.6. The van der Waals surface area contributed by atoms with E-state index < -0.39 is 10.8 Å². The number of carbonyl (C=O) groups is 2. The van der Waals surface area contributed by atoms with Crippen LogP contribution in [0.1, 0.15) is 26.2 Å². The molecule has 0 saturated carbocycles. The van der Waals surface area contributed by atoms with E-state index in [1.165, 1.54) is 25.3 Å². The van der Waals surface area contributed by atoms with Gasteiger partial charge < -0.3 is 15.0 Å². The molecule has 8 nitrogen and oxygen atoms in total. The highest BCUT2D eigenvalue weighted by Gasteiger charge is 2.34. The van der Waals surface area contributed by atoms with Gasteiger partial charge >= 0.3 is 0 Å². The Kier molecular flexibility index (Phi) is 5.73. The molecule has 2 rings (SSSR count). The molecule has 1 fully saturated rings. The highest BCUT2D eigenvalue weighted by Crippen LogP contribution is 2.30. The van der Waals surface area contributed by atoms with Crippen LogP contribution in [0.4, 0.5) is 11.4 Å². The van der Waals surface area contributed by atoms with Crippen LogP contribution in [0.15, 0.2) is 18.2 Å². The van der Waals surface area contributed by atoms with E-state index in [1.807, 2.05) is 6.92 Å². The zero-order valence-electron chi connectivity index (χ0n) is 13.8. The molecule has 1 aliphatic rings. The lowest BCUT2D eigenvalue weighted by molar-refractivity contribution is -0.384. The SMILES string of the molecule is CCCCN1CC(C(=O)Nc2cc([N+](=O)[O-])ccc2OC)CC1=O. The molecule has 2 amide bonds. The molecule has 1 N–H and O–H groups in total. The van der Waals surface area contributed by atoms with Gasteiger partial charge in [-0.3, -0.25) is 19.7 Å². The van der Waals surface area contributed by atoms with Crippen molar-refractivity contribution < 1.29 is 19.2 Å². The molecular formula is C16H21N3O5. The molecule has 0 bridgehead atoms. The number of nitro groups is 1. The molecule has 8 heteroatoms. The maximum Gasteiger partial charge on any atom is 0.271 e. The van der Waals surface area contributed by atoms with E-state index >= 15 is 0 Å². The number of amides is 2. The molecule has 1 aromatic rings. The van der Waals surface area contributed by atoms with Crippen LogP contribution in [0.2, 0.25) is 0 Å². The van der Waals surface area contributed by atoms with Crippen molar-refractivity contribution in [2.24, 2.45) is 5.92 Å². The van der Waals surface area contributed by atoms with Crippen molar-refractivity contribution in [3.05, 3.63) is 28.3 Å². The van der Waals surface area contributed by atoms with Crippen molar-refractivity contribution in [2.75, 3.05) is 25.5 Å². The second-order valence-electron chi connectivity index (χ2n) is 5.73. The Bertz CT molecular complexity index is 647. The number of benzene rings is 1. The summed E-state index contributed by atoms with van der Waals surface area (Å²) in [6.07, 6.45) is 2.04. The highest BCUT2D eigenvalue weighted by molar-refractivity contribution is 5.98.